The molecule has 2 aromatic carbocycles. The first-order chi connectivity index (χ1) is 15.8. The van der Waals surface area contributed by atoms with Gasteiger partial charge in [0.25, 0.3) is 11.8 Å². The Hall–Kier alpha value is -3.06. The van der Waals surface area contributed by atoms with Crippen LogP contribution in [0.5, 0.6) is 0 Å². The highest BCUT2D eigenvalue weighted by Gasteiger charge is 2.54. The van der Waals surface area contributed by atoms with Gasteiger partial charge in [-0.1, -0.05) is 41.5 Å². The van der Waals surface area contributed by atoms with Crippen molar-refractivity contribution in [3.8, 4) is 10.4 Å². The van der Waals surface area contributed by atoms with E-state index in [1.807, 2.05) is 43.9 Å². The highest BCUT2D eigenvalue weighted by molar-refractivity contribution is 7.15. The zero-order valence-electron chi connectivity index (χ0n) is 18.9. The maximum Gasteiger partial charge on any atom is 0.274 e. The van der Waals surface area contributed by atoms with Crippen LogP contribution < -0.4 is 5.32 Å². The van der Waals surface area contributed by atoms with Crippen molar-refractivity contribution in [2.75, 3.05) is 13.1 Å². The van der Waals surface area contributed by atoms with Gasteiger partial charge in [0.15, 0.2) is 0 Å². The summed E-state index contributed by atoms with van der Waals surface area (Å²) in [5.74, 6) is -0.239. The molecule has 0 unspecified atom stereocenters. The van der Waals surface area contributed by atoms with Crippen LogP contribution in [0.4, 0.5) is 4.39 Å². The molecule has 5 nitrogen and oxygen atoms in total. The first-order valence-electron chi connectivity index (χ1n) is 11.2. The number of rotatable bonds is 5. The standard InChI is InChI=1S/C26H26FN3O2S/c1-14-5-4-6-17(9-14)24-23(29-16(3)33-24)26(32)30-13-18-11-19(18)22(30)12-28-25(31)20-10-15(2)7-8-21(20)27/h4-10,18-19,22H,11-13H2,1-3H3,(H,28,31)/t18-,19-,22-/m1/s1. The van der Waals surface area contributed by atoms with Crippen molar-refractivity contribution in [3.05, 3.63) is 75.7 Å². The highest BCUT2D eigenvalue weighted by atomic mass is 32.1. The predicted molar refractivity (Wildman–Crippen MR) is 127 cm³/mol. The second-order valence-corrected chi connectivity index (χ2v) is 10.4. The second kappa shape index (κ2) is 8.37. The van der Waals surface area contributed by atoms with E-state index in [1.165, 1.54) is 17.4 Å². The van der Waals surface area contributed by atoms with Crippen LogP contribution in [0.2, 0.25) is 0 Å². The maximum absolute atomic E-state index is 14.1. The Labute approximate surface area is 196 Å². The van der Waals surface area contributed by atoms with E-state index < -0.39 is 11.7 Å². The van der Waals surface area contributed by atoms with Crippen LogP contribution in [0, 0.1) is 38.4 Å². The van der Waals surface area contributed by atoms with Crippen molar-refractivity contribution in [3.63, 3.8) is 0 Å². The molecule has 1 saturated heterocycles. The van der Waals surface area contributed by atoms with Crippen molar-refractivity contribution in [1.82, 2.24) is 15.2 Å². The Morgan fingerprint density at radius 3 is 2.73 bits per heavy atom. The number of nitrogens with zero attached hydrogens (tertiary/aromatic N) is 2. The lowest BCUT2D eigenvalue weighted by atomic mass is 10.1. The van der Waals surface area contributed by atoms with Crippen molar-refractivity contribution in [2.24, 2.45) is 11.8 Å². The number of amides is 2. The number of hydrogen-bond donors (Lipinski definition) is 1. The summed E-state index contributed by atoms with van der Waals surface area (Å²) in [7, 11) is 0. The monoisotopic (exact) mass is 463 g/mol. The van der Waals surface area contributed by atoms with Crippen molar-refractivity contribution in [1.29, 1.82) is 0 Å². The number of fused-ring (bicyclic) bond motifs is 1. The van der Waals surface area contributed by atoms with E-state index in [-0.39, 0.29) is 17.5 Å². The third kappa shape index (κ3) is 4.17. The molecule has 2 aliphatic rings. The minimum absolute atomic E-state index is 0.0371. The normalized spacial score (nSPS) is 21.1. The quantitative estimate of drug-likeness (QED) is 0.593. The average molecular weight is 464 g/mol. The molecule has 2 heterocycles. The summed E-state index contributed by atoms with van der Waals surface area (Å²) in [5.41, 5.74) is 3.46. The van der Waals surface area contributed by atoms with Gasteiger partial charge < -0.3 is 10.2 Å². The highest BCUT2D eigenvalue weighted by Crippen LogP contribution is 2.50. The fourth-order valence-corrected chi connectivity index (χ4v) is 5.77. The Morgan fingerprint density at radius 1 is 1.15 bits per heavy atom. The molecule has 0 spiro atoms. The molecule has 3 aromatic rings. The molecule has 5 rings (SSSR count). The number of halogens is 1. The molecule has 170 valence electrons. The van der Waals surface area contributed by atoms with Gasteiger partial charge in [-0.2, -0.15) is 0 Å². The van der Waals surface area contributed by atoms with E-state index in [4.69, 9.17) is 0 Å². The number of carbonyl (C=O) groups excluding carboxylic acids is 2. The van der Waals surface area contributed by atoms with Crippen LogP contribution in [-0.2, 0) is 0 Å². The molecular formula is C26H26FN3O2S. The Balaban J connectivity index is 1.36. The van der Waals surface area contributed by atoms with Gasteiger partial charge in [0.05, 0.1) is 21.5 Å². The number of piperidine rings is 1. The average Bonchev–Trinajstić information content (AvgIpc) is 3.30. The van der Waals surface area contributed by atoms with Gasteiger partial charge in [0, 0.05) is 13.1 Å². The number of aromatic nitrogens is 1. The first kappa shape index (κ1) is 21.8. The lowest BCUT2D eigenvalue weighted by molar-refractivity contribution is 0.0690. The second-order valence-electron chi connectivity index (χ2n) is 9.16. The molecule has 0 bridgehead atoms. The smallest absolute Gasteiger partial charge is 0.274 e. The first-order valence-corrected chi connectivity index (χ1v) is 12.0. The van der Waals surface area contributed by atoms with Crippen LogP contribution >= 0.6 is 11.3 Å². The summed E-state index contributed by atoms with van der Waals surface area (Å²) < 4.78 is 14.1. The third-order valence-electron chi connectivity index (χ3n) is 6.62. The van der Waals surface area contributed by atoms with Gasteiger partial charge in [-0.05, 0) is 56.7 Å². The summed E-state index contributed by atoms with van der Waals surface area (Å²) >= 11 is 1.52. The molecule has 2 fully saturated rings. The Kier molecular flexibility index (Phi) is 5.52. The van der Waals surface area contributed by atoms with Crippen LogP contribution in [-0.4, -0.2) is 40.8 Å². The number of thiazole rings is 1. The zero-order valence-corrected chi connectivity index (χ0v) is 19.7. The molecule has 3 atom stereocenters. The van der Waals surface area contributed by atoms with Gasteiger partial charge in [0.2, 0.25) is 0 Å². The van der Waals surface area contributed by atoms with Crippen LogP contribution in [0.15, 0.2) is 42.5 Å². The van der Waals surface area contributed by atoms with E-state index in [0.29, 0.717) is 30.6 Å². The summed E-state index contributed by atoms with van der Waals surface area (Å²) in [5, 5.41) is 3.72. The van der Waals surface area contributed by atoms with Gasteiger partial charge in [-0.15, -0.1) is 11.3 Å². The van der Waals surface area contributed by atoms with Gasteiger partial charge in [-0.3, -0.25) is 9.59 Å². The number of likely N-dealkylation sites (tertiary alicyclic amines) is 1. The summed E-state index contributed by atoms with van der Waals surface area (Å²) in [6.45, 7) is 6.75. The van der Waals surface area contributed by atoms with Crippen molar-refractivity contribution >= 4 is 23.2 Å². The summed E-state index contributed by atoms with van der Waals surface area (Å²) in [6, 6.07) is 12.5. The molecule has 1 aliphatic carbocycles. The van der Waals surface area contributed by atoms with Crippen LogP contribution in [0.3, 0.4) is 0 Å². The largest absolute Gasteiger partial charge is 0.350 e. The van der Waals surface area contributed by atoms with E-state index in [1.54, 1.807) is 12.1 Å². The summed E-state index contributed by atoms with van der Waals surface area (Å²) in [4.78, 5) is 33.6. The molecule has 1 aromatic heterocycles. The van der Waals surface area contributed by atoms with E-state index in [2.05, 4.69) is 16.4 Å². The molecular weight excluding hydrogens is 437 g/mol. The SMILES string of the molecule is Cc1cccc(-c2sc(C)nc2C(=O)N2C[C@H]3C[C@H]3[C@H]2CNC(=O)c2cc(C)ccc2F)c1. The molecule has 1 N–H and O–H groups in total. The van der Waals surface area contributed by atoms with Crippen molar-refractivity contribution in [2.45, 2.75) is 33.2 Å². The zero-order chi connectivity index (χ0) is 23.3. The molecule has 7 heteroatoms. The number of hydrogen-bond acceptors (Lipinski definition) is 4. The number of carbonyl (C=O) groups is 2. The summed E-state index contributed by atoms with van der Waals surface area (Å²) in [6.07, 6.45) is 1.06. The Morgan fingerprint density at radius 2 is 1.94 bits per heavy atom. The van der Waals surface area contributed by atoms with E-state index >= 15 is 0 Å². The van der Waals surface area contributed by atoms with E-state index in [0.717, 1.165) is 33.0 Å². The number of benzene rings is 2. The lowest BCUT2D eigenvalue weighted by Crippen LogP contribution is -2.45. The Bertz CT molecular complexity index is 1250. The van der Waals surface area contributed by atoms with Crippen LogP contribution in [0.1, 0.15) is 43.4 Å². The molecule has 33 heavy (non-hydrogen) atoms. The minimum atomic E-state index is -0.539. The minimum Gasteiger partial charge on any atom is -0.350 e. The van der Waals surface area contributed by atoms with Gasteiger partial charge in [-0.25, -0.2) is 9.37 Å². The molecule has 1 saturated carbocycles. The fourth-order valence-electron chi connectivity index (χ4n) is 4.86. The third-order valence-corrected chi connectivity index (χ3v) is 7.64. The lowest BCUT2D eigenvalue weighted by Gasteiger charge is -2.27. The predicted octanol–water partition coefficient (Wildman–Crippen LogP) is 4.76. The van der Waals surface area contributed by atoms with Crippen molar-refractivity contribution < 1.29 is 14.0 Å². The number of nitrogens with one attached hydrogen (secondary N) is 1. The van der Waals surface area contributed by atoms with E-state index in [9.17, 15) is 14.0 Å². The number of aryl methyl sites for hydroxylation is 3. The van der Waals surface area contributed by atoms with Gasteiger partial charge >= 0.3 is 0 Å². The molecule has 0 radical (unpaired) electrons. The molecule has 2 amide bonds. The molecule has 1 aliphatic heterocycles. The topological polar surface area (TPSA) is 62.3 Å². The maximum atomic E-state index is 14.1. The van der Waals surface area contributed by atoms with Crippen LogP contribution in [0.25, 0.3) is 10.4 Å². The fraction of sp³-hybridized carbons (Fsp3) is 0.346. The van der Waals surface area contributed by atoms with Gasteiger partial charge in [0.1, 0.15) is 11.5 Å².